The summed E-state index contributed by atoms with van der Waals surface area (Å²) in [5, 5.41) is 8.20. The standard InChI is InChI=1S/C14H24ClN3/c1-14(2,8-9-15)16-11-12-7-10-18(17-12)13-5-3-4-6-13/h7,10,13,16H,3-6,8-9,11H2,1-2H3. The molecule has 4 heteroatoms. The first-order chi connectivity index (χ1) is 8.61. The maximum Gasteiger partial charge on any atom is 0.0762 e. The molecule has 0 radical (unpaired) electrons. The molecule has 0 saturated heterocycles. The Morgan fingerprint density at radius 3 is 2.83 bits per heavy atom. The molecule has 1 heterocycles. The van der Waals surface area contributed by atoms with E-state index in [4.69, 9.17) is 11.6 Å². The summed E-state index contributed by atoms with van der Waals surface area (Å²) in [4.78, 5) is 0. The topological polar surface area (TPSA) is 29.9 Å². The van der Waals surface area contributed by atoms with E-state index in [1.54, 1.807) is 0 Å². The number of nitrogens with one attached hydrogen (secondary N) is 1. The first kappa shape index (κ1) is 13.9. The van der Waals surface area contributed by atoms with Crippen LogP contribution in [0.3, 0.4) is 0 Å². The van der Waals surface area contributed by atoms with Crippen LogP contribution in [0.5, 0.6) is 0 Å². The second kappa shape index (κ2) is 6.07. The summed E-state index contributed by atoms with van der Waals surface area (Å²) in [5.41, 5.74) is 1.21. The first-order valence-electron chi connectivity index (χ1n) is 6.96. The number of hydrogen-bond donors (Lipinski definition) is 1. The van der Waals surface area contributed by atoms with Crippen molar-refractivity contribution in [3.05, 3.63) is 18.0 Å². The highest BCUT2D eigenvalue weighted by Crippen LogP contribution is 2.28. The summed E-state index contributed by atoms with van der Waals surface area (Å²) in [6, 6.07) is 2.76. The van der Waals surface area contributed by atoms with E-state index >= 15 is 0 Å². The summed E-state index contributed by atoms with van der Waals surface area (Å²) < 4.78 is 2.15. The fraction of sp³-hybridized carbons (Fsp3) is 0.786. The van der Waals surface area contributed by atoms with Gasteiger partial charge in [-0.15, -0.1) is 11.6 Å². The predicted octanol–water partition coefficient (Wildman–Crippen LogP) is 3.50. The maximum absolute atomic E-state index is 5.80. The number of halogens is 1. The lowest BCUT2D eigenvalue weighted by Crippen LogP contribution is -2.39. The Kier molecular flexibility index (Phi) is 4.68. The third-order valence-electron chi connectivity index (χ3n) is 3.83. The predicted molar refractivity (Wildman–Crippen MR) is 76.0 cm³/mol. The quantitative estimate of drug-likeness (QED) is 0.801. The smallest absolute Gasteiger partial charge is 0.0762 e. The van der Waals surface area contributed by atoms with E-state index in [0.717, 1.165) is 18.7 Å². The molecule has 0 aliphatic heterocycles. The molecule has 1 saturated carbocycles. The molecule has 1 fully saturated rings. The van der Waals surface area contributed by atoms with Gasteiger partial charge in [0.1, 0.15) is 0 Å². The highest BCUT2D eigenvalue weighted by Gasteiger charge is 2.19. The van der Waals surface area contributed by atoms with Gasteiger partial charge < -0.3 is 5.32 Å². The largest absolute Gasteiger partial charge is 0.306 e. The molecule has 2 rings (SSSR count). The van der Waals surface area contributed by atoms with Crippen LogP contribution >= 0.6 is 11.6 Å². The van der Waals surface area contributed by atoms with Crippen molar-refractivity contribution in [2.24, 2.45) is 0 Å². The van der Waals surface area contributed by atoms with Crippen LogP contribution in [-0.4, -0.2) is 21.2 Å². The summed E-state index contributed by atoms with van der Waals surface area (Å²) in [7, 11) is 0. The Hall–Kier alpha value is -0.540. The van der Waals surface area contributed by atoms with Crippen LogP contribution in [0.4, 0.5) is 0 Å². The average Bonchev–Trinajstić information content (AvgIpc) is 2.97. The van der Waals surface area contributed by atoms with Crippen molar-refractivity contribution in [2.45, 2.75) is 64.1 Å². The third-order valence-corrected chi connectivity index (χ3v) is 4.02. The summed E-state index contributed by atoms with van der Waals surface area (Å²) in [6.07, 6.45) is 8.36. The molecule has 0 unspecified atom stereocenters. The molecule has 1 N–H and O–H groups in total. The van der Waals surface area contributed by atoms with Gasteiger partial charge in [-0.05, 0) is 39.2 Å². The summed E-state index contributed by atoms with van der Waals surface area (Å²) in [5.74, 6) is 0.691. The number of hydrogen-bond acceptors (Lipinski definition) is 2. The van der Waals surface area contributed by atoms with Gasteiger partial charge in [-0.25, -0.2) is 0 Å². The molecular weight excluding hydrogens is 246 g/mol. The second-order valence-corrected chi connectivity index (χ2v) is 6.28. The Morgan fingerprint density at radius 2 is 2.17 bits per heavy atom. The van der Waals surface area contributed by atoms with E-state index in [9.17, 15) is 0 Å². The Bertz CT molecular complexity index is 367. The van der Waals surface area contributed by atoms with Crippen LogP contribution in [0.1, 0.15) is 57.7 Å². The lowest BCUT2D eigenvalue weighted by Gasteiger charge is -2.24. The zero-order valence-electron chi connectivity index (χ0n) is 11.5. The van der Waals surface area contributed by atoms with E-state index in [2.05, 4.69) is 41.2 Å². The Balaban J connectivity index is 1.86. The monoisotopic (exact) mass is 269 g/mol. The fourth-order valence-corrected chi connectivity index (χ4v) is 2.97. The summed E-state index contributed by atoms with van der Waals surface area (Å²) >= 11 is 5.80. The highest BCUT2D eigenvalue weighted by atomic mass is 35.5. The molecule has 0 atom stereocenters. The lowest BCUT2D eigenvalue weighted by molar-refractivity contribution is 0.371. The van der Waals surface area contributed by atoms with Gasteiger partial charge in [0, 0.05) is 24.2 Å². The minimum absolute atomic E-state index is 0.0822. The molecule has 1 aliphatic carbocycles. The van der Waals surface area contributed by atoms with Crippen molar-refractivity contribution >= 4 is 11.6 Å². The van der Waals surface area contributed by atoms with Gasteiger partial charge in [-0.1, -0.05) is 12.8 Å². The molecule has 0 bridgehead atoms. The van der Waals surface area contributed by atoms with Crippen molar-refractivity contribution < 1.29 is 0 Å². The SMILES string of the molecule is CC(C)(CCCl)NCc1ccn(C2CCCC2)n1. The number of nitrogens with zero attached hydrogens (tertiary/aromatic N) is 2. The zero-order chi connectivity index (χ0) is 13.0. The van der Waals surface area contributed by atoms with E-state index < -0.39 is 0 Å². The van der Waals surface area contributed by atoms with E-state index in [0.29, 0.717) is 11.9 Å². The molecule has 0 aromatic carbocycles. The van der Waals surface area contributed by atoms with Crippen LogP contribution < -0.4 is 5.32 Å². The van der Waals surface area contributed by atoms with Gasteiger partial charge in [0.25, 0.3) is 0 Å². The Labute approximate surface area is 115 Å². The molecular formula is C14H24ClN3. The molecule has 1 aliphatic rings. The molecule has 18 heavy (non-hydrogen) atoms. The average molecular weight is 270 g/mol. The van der Waals surface area contributed by atoms with Crippen LogP contribution in [-0.2, 0) is 6.54 Å². The van der Waals surface area contributed by atoms with E-state index in [1.165, 1.54) is 25.7 Å². The normalized spacial score (nSPS) is 17.5. The maximum atomic E-state index is 5.80. The van der Waals surface area contributed by atoms with Gasteiger partial charge in [0.2, 0.25) is 0 Å². The lowest BCUT2D eigenvalue weighted by atomic mass is 10.0. The van der Waals surface area contributed by atoms with E-state index in [-0.39, 0.29) is 5.54 Å². The van der Waals surface area contributed by atoms with Crippen molar-refractivity contribution in [1.82, 2.24) is 15.1 Å². The van der Waals surface area contributed by atoms with Crippen molar-refractivity contribution in [3.8, 4) is 0 Å². The fourth-order valence-electron chi connectivity index (χ4n) is 2.50. The van der Waals surface area contributed by atoms with Crippen molar-refractivity contribution in [2.75, 3.05) is 5.88 Å². The van der Waals surface area contributed by atoms with Gasteiger partial charge in [0.15, 0.2) is 0 Å². The van der Waals surface area contributed by atoms with Gasteiger partial charge in [-0.2, -0.15) is 5.10 Å². The number of aromatic nitrogens is 2. The molecule has 102 valence electrons. The Morgan fingerprint density at radius 1 is 1.44 bits per heavy atom. The molecule has 3 nitrogen and oxygen atoms in total. The molecule has 1 aromatic rings. The first-order valence-corrected chi connectivity index (χ1v) is 7.49. The second-order valence-electron chi connectivity index (χ2n) is 5.90. The van der Waals surface area contributed by atoms with Crippen LogP contribution in [0.25, 0.3) is 0 Å². The highest BCUT2D eigenvalue weighted by molar-refractivity contribution is 6.17. The van der Waals surface area contributed by atoms with Gasteiger partial charge >= 0.3 is 0 Å². The van der Waals surface area contributed by atoms with E-state index in [1.807, 2.05) is 0 Å². The molecule has 1 aromatic heterocycles. The van der Waals surface area contributed by atoms with Gasteiger partial charge in [-0.3, -0.25) is 4.68 Å². The molecule has 0 amide bonds. The van der Waals surface area contributed by atoms with Crippen molar-refractivity contribution in [1.29, 1.82) is 0 Å². The zero-order valence-corrected chi connectivity index (χ0v) is 12.2. The number of alkyl halides is 1. The minimum atomic E-state index is 0.0822. The van der Waals surface area contributed by atoms with Crippen LogP contribution in [0.15, 0.2) is 12.3 Å². The third kappa shape index (κ3) is 3.72. The van der Waals surface area contributed by atoms with Crippen molar-refractivity contribution in [3.63, 3.8) is 0 Å². The van der Waals surface area contributed by atoms with Gasteiger partial charge in [0.05, 0.1) is 11.7 Å². The summed E-state index contributed by atoms with van der Waals surface area (Å²) in [6.45, 7) is 5.19. The van der Waals surface area contributed by atoms with Crippen LogP contribution in [0, 0.1) is 0 Å². The minimum Gasteiger partial charge on any atom is -0.306 e. The van der Waals surface area contributed by atoms with Crippen LogP contribution in [0.2, 0.25) is 0 Å². The molecule has 0 spiro atoms. The number of rotatable bonds is 6.